The van der Waals surface area contributed by atoms with Crippen LogP contribution in [0.15, 0.2) is 52.4 Å². The van der Waals surface area contributed by atoms with Gasteiger partial charge in [0.15, 0.2) is 4.80 Å². The summed E-state index contributed by atoms with van der Waals surface area (Å²) in [5.41, 5.74) is 2.30. The fourth-order valence-corrected chi connectivity index (χ4v) is 4.50. The molecule has 0 radical (unpaired) electrons. The van der Waals surface area contributed by atoms with Crippen molar-refractivity contribution < 1.29 is 19.1 Å². The van der Waals surface area contributed by atoms with Gasteiger partial charge in [-0.15, -0.1) is 11.8 Å². The number of carbonyl (C=O) groups is 2. The molecular weight excluding hydrogens is 420 g/mol. The highest BCUT2D eigenvalue weighted by Crippen LogP contribution is 2.20. The maximum absolute atomic E-state index is 12.6. The van der Waals surface area contributed by atoms with Gasteiger partial charge in [-0.2, -0.15) is 4.99 Å². The van der Waals surface area contributed by atoms with E-state index in [4.69, 9.17) is 9.47 Å². The van der Waals surface area contributed by atoms with Crippen LogP contribution in [0.5, 0.6) is 0 Å². The predicted molar refractivity (Wildman–Crippen MR) is 120 cm³/mol. The molecule has 1 heterocycles. The minimum atomic E-state index is -0.394. The molecule has 3 rings (SSSR count). The SMILES string of the molecule is CCOCCn1c(=NC(=O)Cc2ccc(SC)cc2)sc2cc(C(=O)OC)ccc21. The van der Waals surface area contributed by atoms with Crippen LogP contribution in [0.3, 0.4) is 0 Å². The lowest BCUT2D eigenvalue weighted by Crippen LogP contribution is -2.20. The van der Waals surface area contributed by atoms with E-state index in [0.717, 1.165) is 20.7 Å². The van der Waals surface area contributed by atoms with Gasteiger partial charge in [-0.1, -0.05) is 23.5 Å². The first-order valence-electron chi connectivity index (χ1n) is 9.55. The Bertz CT molecular complexity index is 1100. The number of thioether (sulfide) groups is 1. The van der Waals surface area contributed by atoms with E-state index in [9.17, 15) is 9.59 Å². The molecule has 3 aromatic rings. The summed E-state index contributed by atoms with van der Waals surface area (Å²) in [6, 6.07) is 13.3. The van der Waals surface area contributed by atoms with Gasteiger partial charge >= 0.3 is 5.97 Å². The largest absolute Gasteiger partial charge is 0.465 e. The molecule has 1 amide bonds. The fraction of sp³-hybridized carbons (Fsp3) is 0.318. The molecule has 0 unspecified atom stereocenters. The summed E-state index contributed by atoms with van der Waals surface area (Å²) in [6.07, 6.45) is 2.26. The predicted octanol–water partition coefficient (Wildman–Crippen LogP) is 3.92. The minimum Gasteiger partial charge on any atom is -0.465 e. The van der Waals surface area contributed by atoms with Gasteiger partial charge in [-0.05, 0) is 49.1 Å². The lowest BCUT2D eigenvalue weighted by molar-refractivity contribution is -0.117. The first-order valence-corrected chi connectivity index (χ1v) is 11.6. The molecule has 6 nitrogen and oxygen atoms in total. The summed E-state index contributed by atoms with van der Waals surface area (Å²) >= 11 is 3.04. The van der Waals surface area contributed by atoms with Crippen molar-refractivity contribution in [2.45, 2.75) is 24.8 Å². The highest BCUT2D eigenvalue weighted by atomic mass is 32.2. The Morgan fingerprint density at radius 2 is 1.93 bits per heavy atom. The van der Waals surface area contributed by atoms with Gasteiger partial charge in [0, 0.05) is 18.0 Å². The molecule has 158 valence electrons. The van der Waals surface area contributed by atoms with E-state index >= 15 is 0 Å². The molecule has 0 N–H and O–H groups in total. The first-order chi connectivity index (χ1) is 14.5. The first kappa shape index (κ1) is 22.3. The zero-order chi connectivity index (χ0) is 21.5. The molecule has 2 aromatic carbocycles. The molecule has 0 aliphatic heterocycles. The Labute approximate surface area is 183 Å². The number of hydrogen-bond donors (Lipinski definition) is 0. The van der Waals surface area contributed by atoms with E-state index in [1.54, 1.807) is 23.9 Å². The van der Waals surface area contributed by atoms with Gasteiger partial charge in [0.2, 0.25) is 0 Å². The van der Waals surface area contributed by atoms with Crippen LogP contribution in [0.2, 0.25) is 0 Å². The smallest absolute Gasteiger partial charge is 0.337 e. The van der Waals surface area contributed by atoms with E-state index in [1.165, 1.54) is 18.4 Å². The van der Waals surface area contributed by atoms with Crippen molar-refractivity contribution in [1.29, 1.82) is 0 Å². The van der Waals surface area contributed by atoms with Crippen LogP contribution in [0.1, 0.15) is 22.8 Å². The number of rotatable bonds is 8. The highest BCUT2D eigenvalue weighted by molar-refractivity contribution is 7.98. The Hall–Kier alpha value is -2.42. The molecule has 0 saturated heterocycles. The summed E-state index contributed by atoms with van der Waals surface area (Å²) in [4.78, 5) is 30.6. The van der Waals surface area contributed by atoms with Crippen LogP contribution in [0.25, 0.3) is 10.2 Å². The number of thiazole rings is 1. The third-order valence-electron chi connectivity index (χ3n) is 4.50. The average molecular weight is 445 g/mol. The van der Waals surface area contributed by atoms with E-state index in [2.05, 4.69) is 4.99 Å². The monoisotopic (exact) mass is 444 g/mol. The molecule has 0 bridgehead atoms. The van der Waals surface area contributed by atoms with Gasteiger partial charge in [0.25, 0.3) is 5.91 Å². The Balaban J connectivity index is 1.94. The second-order valence-corrected chi connectivity index (χ2v) is 8.33. The Morgan fingerprint density at radius 1 is 1.17 bits per heavy atom. The maximum Gasteiger partial charge on any atom is 0.337 e. The van der Waals surface area contributed by atoms with Gasteiger partial charge < -0.3 is 14.0 Å². The normalized spacial score (nSPS) is 11.8. The van der Waals surface area contributed by atoms with Crippen molar-refractivity contribution >= 4 is 45.2 Å². The van der Waals surface area contributed by atoms with E-state index in [1.807, 2.05) is 48.1 Å². The number of amides is 1. The number of ether oxygens (including phenoxy) is 2. The lowest BCUT2D eigenvalue weighted by Gasteiger charge is -2.06. The summed E-state index contributed by atoms with van der Waals surface area (Å²) in [5.74, 6) is -0.605. The minimum absolute atomic E-state index is 0.211. The van der Waals surface area contributed by atoms with Crippen LogP contribution in [0.4, 0.5) is 0 Å². The highest BCUT2D eigenvalue weighted by Gasteiger charge is 2.12. The lowest BCUT2D eigenvalue weighted by atomic mass is 10.1. The van der Waals surface area contributed by atoms with Crippen LogP contribution < -0.4 is 4.80 Å². The molecule has 0 saturated carbocycles. The second kappa shape index (κ2) is 10.6. The number of methoxy groups -OCH3 is 1. The molecular formula is C22H24N2O4S2. The van der Waals surface area contributed by atoms with Crippen molar-refractivity contribution in [2.24, 2.45) is 4.99 Å². The zero-order valence-electron chi connectivity index (χ0n) is 17.2. The number of benzene rings is 2. The summed E-state index contributed by atoms with van der Waals surface area (Å²) in [7, 11) is 1.36. The fourth-order valence-electron chi connectivity index (χ4n) is 2.98. The molecule has 1 aromatic heterocycles. The molecule has 0 fully saturated rings. The van der Waals surface area contributed by atoms with Gasteiger partial charge in [0.05, 0.1) is 35.9 Å². The topological polar surface area (TPSA) is 69.9 Å². The maximum atomic E-state index is 12.6. The van der Waals surface area contributed by atoms with Crippen LogP contribution in [-0.4, -0.2) is 43.0 Å². The van der Waals surface area contributed by atoms with Gasteiger partial charge in [-0.25, -0.2) is 4.79 Å². The molecule has 30 heavy (non-hydrogen) atoms. The van der Waals surface area contributed by atoms with Crippen molar-refractivity contribution in [3.05, 3.63) is 58.4 Å². The summed E-state index contributed by atoms with van der Waals surface area (Å²) in [5, 5.41) is 0. The van der Waals surface area contributed by atoms with E-state index in [0.29, 0.717) is 30.1 Å². The molecule has 0 atom stereocenters. The Kier molecular flexibility index (Phi) is 7.84. The molecule has 0 aliphatic carbocycles. The number of esters is 1. The number of aromatic nitrogens is 1. The number of carbonyl (C=O) groups excluding carboxylic acids is 2. The van der Waals surface area contributed by atoms with Crippen molar-refractivity contribution in [1.82, 2.24) is 4.57 Å². The van der Waals surface area contributed by atoms with Crippen LogP contribution in [-0.2, 0) is 27.2 Å². The Morgan fingerprint density at radius 3 is 2.60 bits per heavy atom. The number of hydrogen-bond acceptors (Lipinski definition) is 6. The van der Waals surface area contributed by atoms with Crippen LogP contribution >= 0.6 is 23.1 Å². The van der Waals surface area contributed by atoms with E-state index < -0.39 is 5.97 Å². The van der Waals surface area contributed by atoms with Gasteiger partial charge in [-0.3, -0.25) is 4.79 Å². The third kappa shape index (κ3) is 5.38. The zero-order valence-corrected chi connectivity index (χ0v) is 18.8. The van der Waals surface area contributed by atoms with Crippen molar-refractivity contribution in [3.63, 3.8) is 0 Å². The molecule has 0 aliphatic rings. The van der Waals surface area contributed by atoms with Crippen molar-refractivity contribution in [2.75, 3.05) is 26.6 Å². The standard InChI is InChI=1S/C22H24N2O4S2/c1-4-28-12-11-24-18-10-7-16(21(26)27-2)14-19(18)30-22(24)23-20(25)13-15-5-8-17(29-3)9-6-15/h5-10,14H,4,11-13H2,1-3H3. The summed E-state index contributed by atoms with van der Waals surface area (Å²) < 4.78 is 13.1. The van der Waals surface area contributed by atoms with E-state index in [-0.39, 0.29) is 12.3 Å². The molecule has 0 spiro atoms. The quantitative estimate of drug-likeness (QED) is 0.299. The molecule has 8 heteroatoms. The second-order valence-electron chi connectivity index (χ2n) is 6.44. The summed E-state index contributed by atoms with van der Waals surface area (Å²) in [6.45, 7) is 3.64. The van der Waals surface area contributed by atoms with Crippen molar-refractivity contribution in [3.8, 4) is 0 Å². The average Bonchev–Trinajstić information content (AvgIpc) is 3.09. The number of fused-ring (bicyclic) bond motifs is 1. The van der Waals surface area contributed by atoms with Gasteiger partial charge in [0.1, 0.15) is 0 Å². The van der Waals surface area contributed by atoms with Crippen LogP contribution in [0, 0.1) is 0 Å². The number of nitrogens with zero attached hydrogens (tertiary/aromatic N) is 2. The third-order valence-corrected chi connectivity index (χ3v) is 6.29.